The first-order valence-corrected chi connectivity index (χ1v) is 9.06. The monoisotopic (exact) mass is 384 g/mol. The predicted octanol–water partition coefficient (Wildman–Crippen LogP) is 4.82. The van der Waals surface area contributed by atoms with E-state index in [4.69, 9.17) is 9.47 Å². The summed E-state index contributed by atoms with van der Waals surface area (Å²) < 4.78 is 11.1. The summed E-state index contributed by atoms with van der Waals surface area (Å²) in [4.78, 5) is 23.0. The lowest BCUT2D eigenvalue weighted by Gasteiger charge is -2.14. The molecule has 2 rings (SSSR count). The van der Waals surface area contributed by atoms with Crippen molar-refractivity contribution in [1.29, 1.82) is 0 Å². The maximum atomic E-state index is 12.2. The van der Waals surface area contributed by atoms with Crippen LogP contribution in [0.1, 0.15) is 32.8 Å². The molecule has 2 aromatic rings. The maximum Gasteiger partial charge on any atom is 0.311 e. The third kappa shape index (κ3) is 6.12. The molecule has 0 bridgehead atoms. The largest absolute Gasteiger partial charge is 0.489 e. The van der Waals surface area contributed by atoms with Crippen molar-refractivity contribution in [3.8, 4) is 11.5 Å². The van der Waals surface area contributed by atoms with E-state index in [2.05, 4.69) is 5.32 Å². The van der Waals surface area contributed by atoms with Crippen molar-refractivity contribution < 1.29 is 19.2 Å². The van der Waals surface area contributed by atoms with E-state index in [0.29, 0.717) is 23.6 Å². The maximum absolute atomic E-state index is 12.2. The van der Waals surface area contributed by atoms with E-state index in [1.807, 2.05) is 26.8 Å². The summed E-state index contributed by atoms with van der Waals surface area (Å²) in [5.41, 5.74) is 0.948. The van der Waals surface area contributed by atoms with Gasteiger partial charge >= 0.3 is 5.69 Å². The van der Waals surface area contributed by atoms with Gasteiger partial charge in [-0.1, -0.05) is 25.1 Å². The smallest absolute Gasteiger partial charge is 0.311 e. The molecule has 1 amide bonds. The number of hydrogen-bond acceptors (Lipinski definition) is 5. The van der Waals surface area contributed by atoms with Crippen molar-refractivity contribution in [2.24, 2.45) is 0 Å². The minimum absolute atomic E-state index is 0.0254. The van der Waals surface area contributed by atoms with Crippen molar-refractivity contribution in [3.63, 3.8) is 0 Å². The van der Waals surface area contributed by atoms with Crippen molar-refractivity contribution in [1.82, 2.24) is 0 Å². The van der Waals surface area contributed by atoms with Crippen molar-refractivity contribution >= 4 is 23.4 Å². The lowest BCUT2D eigenvalue weighted by atomic mass is 10.1. The second-order valence-corrected chi connectivity index (χ2v) is 6.32. The van der Waals surface area contributed by atoms with Gasteiger partial charge in [-0.05, 0) is 50.1 Å². The summed E-state index contributed by atoms with van der Waals surface area (Å²) in [6, 6.07) is 11.7. The number of para-hydroxylation sites is 2. The number of ether oxygens (including phenoxy) is 2. The topological polar surface area (TPSA) is 90.7 Å². The van der Waals surface area contributed by atoms with Crippen molar-refractivity contribution in [2.45, 2.75) is 33.3 Å². The van der Waals surface area contributed by atoms with Gasteiger partial charge in [-0.3, -0.25) is 14.9 Å². The van der Waals surface area contributed by atoms with Crippen LogP contribution in [-0.4, -0.2) is 23.5 Å². The first-order chi connectivity index (χ1) is 13.4. The lowest BCUT2D eigenvalue weighted by molar-refractivity contribution is -0.385. The molecule has 1 N–H and O–H groups in total. The van der Waals surface area contributed by atoms with Gasteiger partial charge in [0.2, 0.25) is 5.91 Å². The number of nitro groups is 1. The zero-order valence-corrected chi connectivity index (χ0v) is 16.2. The number of carbonyl (C=O) groups excluding carboxylic acids is 1. The Kier molecular flexibility index (Phi) is 7.56. The number of amides is 1. The molecule has 148 valence electrons. The quantitative estimate of drug-likeness (QED) is 0.380. The van der Waals surface area contributed by atoms with Crippen LogP contribution in [0.3, 0.4) is 0 Å². The molecule has 2 aromatic carbocycles. The molecule has 0 aliphatic heterocycles. The number of carbonyl (C=O) groups is 1. The minimum atomic E-state index is -0.498. The van der Waals surface area contributed by atoms with Crippen molar-refractivity contribution in [3.05, 3.63) is 64.2 Å². The average molecular weight is 384 g/mol. The first kappa shape index (κ1) is 21.0. The highest BCUT2D eigenvalue weighted by atomic mass is 16.6. The Morgan fingerprint density at radius 3 is 2.64 bits per heavy atom. The van der Waals surface area contributed by atoms with E-state index in [1.54, 1.807) is 24.3 Å². The summed E-state index contributed by atoms with van der Waals surface area (Å²) in [7, 11) is 0. The molecule has 0 fully saturated rings. The van der Waals surface area contributed by atoms with E-state index in [9.17, 15) is 14.9 Å². The summed E-state index contributed by atoms with van der Waals surface area (Å²) in [5.74, 6) is 0.425. The standard InChI is InChI=1S/C21H24N2O5/c1-4-13-27-20-11-9-16(14-18(20)23(25)26)10-12-21(24)22-17-7-5-6-8-19(17)28-15(2)3/h5-12,14-15H,4,13H2,1-3H3,(H,22,24)/b12-10+. The fourth-order valence-electron chi connectivity index (χ4n) is 2.39. The van der Waals surface area contributed by atoms with Crippen LogP contribution >= 0.6 is 0 Å². The van der Waals surface area contributed by atoms with Gasteiger partial charge in [-0.25, -0.2) is 0 Å². The minimum Gasteiger partial charge on any atom is -0.489 e. The number of nitrogens with one attached hydrogen (secondary N) is 1. The summed E-state index contributed by atoms with van der Waals surface area (Å²) >= 11 is 0. The molecule has 0 radical (unpaired) electrons. The van der Waals surface area contributed by atoms with Crippen LogP contribution in [-0.2, 0) is 4.79 Å². The molecule has 7 heteroatoms. The number of rotatable bonds is 9. The summed E-state index contributed by atoms with van der Waals surface area (Å²) in [6.07, 6.45) is 3.55. The zero-order valence-electron chi connectivity index (χ0n) is 16.2. The van der Waals surface area contributed by atoms with E-state index < -0.39 is 4.92 Å². The van der Waals surface area contributed by atoms with Gasteiger partial charge in [0, 0.05) is 12.1 Å². The average Bonchev–Trinajstić information content (AvgIpc) is 2.66. The van der Waals surface area contributed by atoms with E-state index in [1.165, 1.54) is 24.3 Å². The van der Waals surface area contributed by atoms with Gasteiger partial charge in [0.15, 0.2) is 5.75 Å². The molecular weight excluding hydrogens is 360 g/mol. The highest BCUT2D eigenvalue weighted by molar-refractivity contribution is 6.02. The molecule has 0 saturated heterocycles. The molecule has 0 saturated carbocycles. The molecular formula is C21H24N2O5. The third-order valence-corrected chi connectivity index (χ3v) is 3.58. The summed E-state index contributed by atoms with van der Waals surface area (Å²) in [5, 5.41) is 14.0. The van der Waals surface area contributed by atoms with E-state index >= 15 is 0 Å². The Labute approximate surface area is 164 Å². The fraction of sp³-hybridized carbons (Fsp3) is 0.286. The molecule has 28 heavy (non-hydrogen) atoms. The Bertz CT molecular complexity index is 862. The van der Waals surface area contributed by atoms with E-state index in [0.717, 1.165) is 6.42 Å². The van der Waals surface area contributed by atoms with E-state index in [-0.39, 0.29) is 23.4 Å². The molecule has 7 nitrogen and oxygen atoms in total. The summed E-state index contributed by atoms with van der Waals surface area (Å²) in [6.45, 7) is 6.13. The molecule has 0 atom stereocenters. The predicted molar refractivity (Wildman–Crippen MR) is 109 cm³/mol. The molecule has 0 aliphatic rings. The van der Waals surface area contributed by atoms with Gasteiger partial charge in [0.05, 0.1) is 23.3 Å². The zero-order chi connectivity index (χ0) is 20.5. The van der Waals surface area contributed by atoms with Crippen LogP contribution in [0.15, 0.2) is 48.5 Å². The molecule has 0 heterocycles. The third-order valence-electron chi connectivity index (χ3n) is 3.58. The van der Waals surface area contributed by atoms with Gasteiger partial charge < -0.3 is 14.8 Å². The Morgan fingerprint density at radius 1 is 1.21 bits per heavy atom. The van der Waals surface area contributed by atoms with Crippen LogP contribution in [0.4, 0.5) is 11.4 Å². The lowest BCUT2D eigenvalue weighted by Crippen LogP contribution is -2.12. The SMILES string of the molecule is CCCOc1ccc(/C=C/C(=O)Nc2ccccc2OC(C)C)cc1[N+](=O)[O-]. The number of benzene rings is 2. The van der Waals surface area contributed by atoms with Gasteiger partial charge in [-0.15, -0.1) is 0 Å². The van der Waals surface area contributed by atoms with Crippen LogP contribution in [0.25, 0.3) is 6.08 Å². The van der Waals surface area contributed by atoms with Crippen LogP contribution in [0, 0.1) is 10.1 Å². The Hall–Kier alpha value is -3.35. The highest BCUT2D eigenvalue weighted by Gasteiger charge is 2.15. The number of nitrogens with zero attached hydrogens (tertiary/aromatic N) is 1. The normalized spacial score (nSPS) is 10.9. The molecule has 0 aliphatic carbocycles. The molecule has 0 spiro atoms. The van der Waals surface area contributed by atoms with Crippen LogP contribution in [0.2, 0.25) is 0 Å². The Balaban J connectivity index is 2.12. The molecule has 0 aromatic heterocycles. The molecule has 0 unspecified atom stereocenters. The van der Waals surface area contributed by atoms with Crippen molar-refractivity contribution in [2.75, 3.05) is 11.9 Å². The first-order valence-electron chi connectivity index (χ1n) is 9.06. The second kappa shape index (κ2) is 10.1. The number of anilines is 1. The Morgan fingerprint density at radius 2 is 1.96 bits per heavy atom. The van der Waals surface area contributed by atoms with Crippen LogP contribution < -0.4 is 14.8 Å². The van der Waals surface area contributed by atoms with Gasteiger partial charge in [-0.2, -0.15) is 0 Å². The highest BCUT2D eigenvalue weighted by Crippen LogP contribution is 2.29. The van der Waals surface area contributed by atoms with Gasteiger partial charge in [0.1, 0.15) is 5.75 Å². The van der Waals surface area contributed by atoms with Gasteiger partial charge in [0.25, 0.3) is 0 Å². The number of hydrogen-bond donors (Lipinski definition) is 1. The fourth-order valence-corrected chi connectivity index (χ4v) is 2.39. The second-order valence-electron chi connectivity index (χ2n) is 6.32. The van der Waals surface area contributed by atoms with Crippen LogP contribution in [0.5, 0.6) is 11.5 Å². The number of nitro benzene ring substituents is 1.